The van der Waals surface area contributed by atoms with E-state index in [2.05, 4.69) is 16.8 Å². The highest BCUT2D eigenvalue weighted by Crippen LogP contribution is 2.25. The molecule has 4 rings (SSSR count). The van der Waals surface area contributed by atoms with Gasteiger partial charge in [-0.2, -0.15) is 0 Å². The maximum absolute atomic E-state index is 13.6. The van der Waals surface area contributed by atoms with Crippen LogP contribution < -0.4 is 4.74 Å². The Bertz CT molecular complexity index is 856. The first-order chi connectivity index (χ1) is 16.5. The van der Waals surface area contributed by atoms with Gasteiger partial charge in [-0.25, -0.2) is 0 Å². The summed E-state index contributed by atoms with van der Waals surface area (Å²) in [6.45, 7) is 5.66. The first-order valence-electron chi connectivity index (χ1n) is 13.1. The van der Waals surface area contributed by atoms with Crippen LogP contribution in [-0.2, 0) is 4.79 Å². The summed E-state index contributed by atoms with van der Waals surface area (Å²) in [4.78, 5) is 35.5. The van der Waals surface area contributed by atoms with E-state index in [1.807, 2.05) is 4.90 Å². The Labute approximate surface area is 224 Å². The molecule has 1 saturated carbocycles. The molecule has 7 nitrogen and oxygen atoms in total. The smallest absolute Gasteiger partial charge is 0.254 e. The minimum Gasteiger partial charge on any atom is -0.497 e. The highest BCUT2D eigenvalue weighted by atomic mass is 35.5. The number of piperazine rings is 1. The van der Waals surface area contributed by atoms with Crippen LogP contribution in [0.5, 0.6) is 5.75 Å². The van der Waals surface area contributed by atoms with Crippen LogP contribution in [0.4, 0.5) is 0 Å². The maximum atomic E-state index is 13.6. The van der Waals surface area contributed by atoms with Crippen LogP contribution in [0, 0.1) is 0 Å². The number of ether oxygens (including phenoxy) is 1. The lowest BCUT2D eigenvalue weighted by molar-refractivity contribution is -0.134. The van der Waals surface area contributed by atoms with E-state index in [4.69, 9.17) is 6.11 Å². The van der Waals surface area contributed by atoms with Gasteiger partial charge in [-0.3, -0.25) is 14.5 Å². The van der Waals surface area contributed by atoms with Gasteiger partial charge in [0, 0.05) is 43.8 Å². The van der Waals surface area contributed by atoms with E-state index in [9.17, 15) is 9.59 Å². The average molecular weight is 531 g/mol. The Kier molecular flexibility index (Phi) is 11.4. The van der Waals surface area contributed by atoms with E-state index >= 15 is 0 Å². The van der Waals surface area contributed by atoms with E-state index < -0.39 is 0 Å². The SMILES string of the molecule is Cl.Cl.[2H]c1cc(OC)ccc1C(=O)N(CC(=O)N1CCN(C2CCN(C)CC2)CC1)C1CCCCC1. The van der Waals surface area contributed by atoms with Gasteiger partial charge in [0.25, 0.3) is 5.91 Å². The van der Waals surface area contributed by atoms with Gasteiger partial charge in [0.15, 0.2) is 0 Å². The van der Waals surface area contributed by atoms with Crippen molar-refractivity contribution in [2.75, 3.05) is 60.0 Å². The normalized spacial score (nSPS) is 20.9. The first-order valence-corrected chi connectivity index (χ1v) is 12.6. The third-order valence-corrected chi connectivity index (χ3v) is 7.70. The number of hydrogen-bond acceptors (Lipinski definition) is 5. The molecule has 0 atom stereocenters. The van der Waals surface area contributed by atoms with Crippen LogP contribution in [0.1, 0.15) is 56.7 Å². The molecule has 9 heteroatoms. The number of carbonyl (C=O) groups is 2. The van der Waals surface area contributed by atoms with Crippen molar-refractivity contribution in [3.05, 3.63) is 29.8 Å². The minimum atomic E-state index is -0.210. The fourth-order valence-corrected chi connectivity index (χ4v) is 5.53. The molecule has 1 aliphatic carbocycles. The molecular weight excluding hydrogens is 487 g/mol. The second kappa shape index (κ2) is 14.3. The Morgan fingerprint density at radius 1 is 0.971 bits per heavy atom. The summed E-state index contributed by atoms with van der Waals surface area (Å²) in [6, 6.07) is 5.77. The van der Waals surface area contributed by atoms with Gasteiger partial charge in [0.05, 0.1) is 8.48 Å². The van der Waals surface area contributed by atoms with Crippen LogP contribution in [-0.4, -0.2) is 103 Å². The number of rotatable bonds is 6. The van der Waals surface area contributed by atoms with Gasteiger partial charge in [-0.1, -0.05) is 19.3 Å². The number of methoxy groups -OCH3 is 1. The van der Waals surface area contributed by atoms with Crippen molar-refractivity contribution in [2.24, 2.45) is 0 Å². The zero-order chi connectivity index (χ0) is 24.1. The van der Waals surface area contributed by atoms with Gasteiger partial charge in [0.2, 0.25) is 5.91 Å². The fourth-order valence-electron chi connectivity index (χ4n) is 5.53. The lowest BCUT2D eigenvalue weighted by atomic mass is 9.93. The average Bonchev–Trinajstić information content (AvgIpc) is 2.87. The lowest BCUT2D eigenvalue weighted by Crippen LogP contribution is -2.56. The van der Waals surface area contributed by atoms with Gasteiger partial charge >= 0.3 is 0 Å². The number of piperidine rings is 1. The molecule has 2 aliphatic heterocycles. The molecule has 3 fully saturated rings. The standard InChI is InChI=1S/C26H40N4O3.2ClH/c1-27-14-12-22(13-15-27)28-16-18-29(19-17-28)25(31)20-30(23-6-4-3-5-7-23)26(32)21-8-10-24(33-2)11-9-21;;/h8-11,22-23H,3-7,12-20H2,1-2H3;2*1H/i8D;;. The van der Waals surface area contributed by atoms with Crippen molar-refractivity contribution in [3.8, 4) is 5.75 Å². The van der Waals surface area contributed by atoms with Crippen molar-refractivity contribution in [2.45, 2.75) is 57.0 Å². The van der Waals surface area contributed by atoms with Gasteiger partial charge in [-0.15, -0.1) is 24.8 Å². The molecule has 0 N–H and O–H groups in total. The van der Waals surface area contributed by atoms with E-state index in [1.54, 1.807) is 30.2 Å². The summed E-state index contributed by atoms with van der Waals surface area (Å²) < 4.78 is 13.5. The molecule has 35 heavy (non-hydrogen) atoms. The molecule has 1 aromatic rings. The second-order valence-electron chi connectivity index (χ2n) is 9.82. The van der Waals surface area contributed by atoms with Crippen LogP contribution >= 0.6 is 24.8 Å². The Hall–Kier alpha value is -1.54. The summed E-state index contributed by atoms with van der Waals surface area (Å²) >= 11 is 0. The quantitative estimate of drug-likeness (QED) is 0.563. The Morgan fingerprint density at radius 3 is 2.23 bits per heavy atom. The minimum absolute atomic E-state index is 0. The van der Waals surface area contributed by atoms with E-state index in [0.29, 0.717) is 17.4 Å². The number of likely N-dealkylation sites (tertiary alicyclic amines) is 1. The molecule has 0 aromatic heterocycles. The van der Waals surface area contributed by atoms with Crippen molar-refractivity contribution < 1.29 is 15.7 Å². The molecule has 2 amide bonds. The Balaban J connectivity index is 0.00000228. The van der Waals surface area contributed by atoms with Gasteiger partial charge in [-0.05, 0) is 70.1 Å². The van der Waals surface area contributed by atoms with Gasteiger partial charge < -0.3 is 19.4 Å². The Morgan fingerprint density at radius 2 is 1.63 bits per heavy atom. The third kappa shape index (κ3) is 7.72. The monoisotopic (exact) mass is 529 g/mol. The first kappa shape index (κ1) is 28.0. The van der Waals surface area contributed by atoms with Crippen LogP contribution in [0.15, 0.2) is 24.2 Å². The molecule has 3 aliphatic rings. The topological polar surface area (TPSA) is 56.3 Å². The van der Waals surface area contributed by atoms with E-state index in [-0.39, 0.29) is 55.3 Å². The zero-order valence-electron chi connectivity index (χ0n) is 22.1. The van der Waals surface area contributed by atoms with E-state index in [1.165, 1.54) is 19.3 Å². The molecule has 198 valence electrons. The number of carbonyl (C=O) groups excluding carboxylic acids is 2. The molecular formula is C26H42Cl2N4O3. The van der Waals surface area contributed by atoms with Crippen molar-refractivity contribution in [3.63, 3.8) is 0 Å². The highest BCUT2D eigenvalue weighted by Gasteiger charge is 2.32. The van der Waals surface area contributed by atoms with Gasteiger partial charge in [0.1, 0.15) is 12.3 Å². The summed E-state index contributed by atoms with van der Waals surface area (Å²) in [5.41, 5.74) is 0.339. The summed E-state index contributed by atoms with van der Waals surface area (Å²) in [5.74, 6) is 0.379. The number of amides is 2. The summed E-state index contributed by atoms with van der Waals surface area (Å²) in [6.07, 6.45) is 7.58. The van der Waals surface area contributed by atoms with Crippen LogP contribution in [0.3, 0.4) is 0 Å². The number of halogens is 2. The zero-order valence-corrected chi connectivity index (χ0v) is 22.7. The molecule has 0 unspecified atom stereocenters. The molecule has 2 saturated heterocycles. The highest BCUT2D eigenvalue weighted by molar-refractivity contribution is 5.97. The second-order valence-corrected chi connectivity index (χ2v) is 9.82. The van der Waals surface area contributed by atoms with Crippen molar-refractivity contribution in [1.29, 1.82) is 0 Å². The van der Waals surface area contributed by atoms with E-state index in [0.717, 1.165) is 65.0 Å². The van der Waals surface area contributed by atoms with Crippen LogP contribution in [0.25, 0.3) is 0 Å². The predicted molar refractivity (Wildman–Crippen MR) is 144 cm³/mol. The molecule has 1 aromatic carbocycles. The maximum Gasteiger partial charge on any atom is 0.254 e. The molecule has 0 spiro atoms. The predicted octanol–water partition coefficient (Wildman–Crippen LogP) is 3.55. The largest absolute Gasteiger partial charge is 0.497 e. The molecule has 2 heterocycles. The molecule has 0 radical (unpaired) electrons. The number of hydrogen-bond donors (Lipinski definition) is 0. The number of benzene rings is 1. The molecule has 0 bridgehead atoms. The fraction of sp³-hybridized carbons (Fsp3) is 0.692. The number of nitrogens with zero attached hydrogens (tertiary/aromatic N) is 4. The van der Waals surface area contributed by atoms with Crippen molar-refractivity contribution >= 4 is 36.6 Å². The van der Waals surface area contributed by atoms with Crippen molar-refractivity contribution in [1.82, 2.24) is 19.6 Å². The summed E-state index contributed by atoms with van der Waals surface area (Å²) in [7, 11) is 3.73. The third-order valence-electron chi connectivity index (χ3n) is 7.70. The summed E-state index contributed by atoms with van der Waals surface area (Å²) in [5, 5.41) is 0. The van der Waals surface area contributed by atoms with Crippen LogP contribution in [0.2, 0.25) is 0 Å². The lowest BCUT2D eigenvalue weighted by Gasteiger charge is -2.43.